The van der Waals surface area contributed by atoms with E-state index in [1.54, 1.807) is 6.33 Å². The van der Waals surface area contributed by atoms with Crippen LogP contribution in [0.2, 0.25) is 0 Å². The normalized spacial score (nSPS) is 28.1. The molecule has 2 aromatic heterocycles. The molecular formula is C12H16N4O2. The van der Waals surface area contributed by atoms with Gasteiger partial charge >= 0.3 is 0 Å². The highest BCUT2D eigenvalue weighted by molar-refractivity contribution is 5.72. The SMILES string of the molecule is CCC1OC(n2cnc3c(C)ncnc32)CC1O. The molecule has 1 fully saturated rings. The fraction of sp³-hybridized carbons (Fsp3) is 0.583. The van der Waals surface area contributed by atoms with Gasteiger partial charge in [0.05, 0.1) is 24.2 Å². The summed E-state index contributed by atoms with van der Waals surface area (Å²) in [6.45, 7) is 3.91. The van der Waals surface area contributed by atoms with Crippen LogP contribution in [-0.2, 0) is 4.74 Å². The number of rotatable bonds is 2. The van der Waals surface area contributed by atoms with Crippen LogP contribution in [-0.4, -0.2) is 36.8 Å². The largest absolute Gasteiger partial charge is 0.390 e. The van der Waals surface area contributed by atoms with E-state index in [2.05, 4.69) is 15.0 Å². The van der Waals surface area contributed by atoms with E-state index in [-0.39, 0.29) is 12.3 Å². The maximum Gasteiger partial charge on any atom is 0.165 e. The Hall–Kier alpha value is -1.53. The van der Waals surface area contributed by atoms with Gasteiger partial charge in [-0.2, -0.15) is 0 Å². The van der Waals surface area contributed by atoms with Gasteiger partial charge in [0.1, 0.15) is 18.1 Å². The van der Waals surface area contributed by atoms with Gasteiger partial charge in [-0.3, -0.25) is 4.57 Å². The number of ether oxygens (including phenoxy) is 1. The molecule has 6 heteroatoms. The molecule has 0 aromatic carbocycles. The molecular weight excluding hydrogens is 232 g/mol. The van der Waals surface area contributed by atoms with E-state index in [1.165, 1.54) is 6.33 Å². The van der Waals surface area contributed by atoms with Gasteiger partial charge in [-0.15, -0.1) is 0 Å². The molecule has 18 heavy (non-hydrogen) atoms. The summed E-state index contributed by atoms with van der Waals surface area (Å²) in [4.78, 5) is 12.7. The molecule has 3 unspecified atom stereocenters. The van der Waals surface area contributed by atoms with Crippen molar-refractivity contribution in [3.05, 3.63) is 18.3 Å². The molecule has 0 bridgehead atoms. The van der Waals surface area contributed by atoms with E-state index >= 15 is 0 Å². The van der Waals surface area contributed by atoms with Crippen molar-refractivity contribution in [1.82, 2.24) is 19.5 Å². The van der Waals surface area contributed by atoms with Gasteiger partial charge in [0.25, 0.3) is 0 Å². The highest BCUT2D eigenvalue weighted by Crippen LogP contribution is 2.32. The lowest BCUT2D eigenvalue weighted by Gasteiger charge is -2.13. The highest BCUT2D eigenvalue weighted by Gasteiger charge is 2.34. The molecule has 0 aliphatic carbocycles. The number of imidazole rings is 1. The van der Waals surface area contributed by atoms with Crippen LogP contribution in [0.3, 0.4) is 0 Å². The Morgan fingerprint density at radius 3 is 3.00 bits per heavy atom. The Bertz CT molecular complexity index is 568. The molecule has 2 aromatic rings. The number of fused-ring (bicyclic) bond motifs is 1. The molecule has 0 saturated carbocycles. The second kappa shape index (κ2) is 4.29. The van der Waals surface area contributed by atoms with Gasteiger partial charge in [0.15, 0.2) is 5.65 Å². The summed E-state index contributed by atoms with van der Waals surface area (Å²) in [7, 11) is 0. The van der Waals surface area contributed by atoms with E-state index < -0.39 is 6.10 Å². The van der Waals surface area contributed by atoms with Gasteiger partial charge < -0.3 is 9.84 Å². The highest BCUT2D eigenvalue weighted by atomic mass is 16.5. The van der Waals surface area contributed by atoms with Crippen LogP contribution in [0.15, 0.2) is 12.7 Å². The van der Waals surface area contributed by atoms with E-state index in [0.29, 0.717) is 6.42 Å². The molecule has 0 amide bonds. The van der Waals surface area contributed by atoms with Crippen molar-refractivity contribution >= 4 is 11.2 Å². The van der Waals surface area contributed by atoms with Crippen molar-refractivity contribution in [3.63, 3.8) is 0 Å². The van der Waals surface area contributed by atoms with Crippen LogP contribution < -0.4 is 0 Å². The topological polar surface area (TPSA) is 73.1 Å². The third kappa shape index (κ3) is 1.69. The van der Waals surface area contributed by atoms with Crippen molar-refractivity contribution < 1.29 is 9.84 Å². The molecule has 1 aliphatic rings. The summed E-state index contributed by atoms with van der Waals surface area (Å²) in [5.74, 6) is 0. The van der Waals surface area contributed by atoms with Gasteiger partial charge in [0, 0.05) is 6.42 Å². The fourth-order valence-electron chi connectivity index (χ4n) is 2.43. The van der Waals surface area contributed by atoms with Gasteiger partial charge in [-0.1, -0.05) is 6.92 Å². The van der Waals surface area contributed by atoms with Crippen LogP contribution >= 0.6 is 0 Å². The summed E-state index contributed by atoms with van der Waals surface area (Å²) >= 11 is 0. The second-order valence-corrected chi connectivity index (χ2v) is 4.62. The molecule has 1 saturated heterocycles. The minimum Gasteiger partial charge on any atom is -0.390 e. The van der Waals surface area contributed by atoms with E-state index in [0.717, 1.165) is 23.3 Å². The summed E-state index contributed by atoms with van der Waals surface area (Å²) in [6.07, 6.45) is 3.91. The van der Waals surface area contributed by atoms with Crippen molar-refractivity contribution in [2.24, 2.45) is 0 Å². The average molecular weight is 248 g/mol. The number of aliphatic hydroxyl groups excluding tert-OH is 1. The number of aliphatic hydroxyl groups is 1. The predicted octanol–water partition coefficient (Wildman–Crippen LogP) is 1.19. The summed E-state index contributed by atoms with van der Waals surface area (Å²) < 4.78 is 7.71. The average Bonchev–Trinajstić information content (AvgIpc) is 2.93. The zero-order valence-corrected chi connectivity index (χ0v) is 10.4. The molecule has 0 spiro atoms. The van der Waals surface area contributed by atoms with Gasteiger partial charge in [-0.25, -0.2) is 15.0 Å². The Balaban J connectivity index is 1.99. The standard InChI is InChI=1S/C12H16N4O2/c1-3-9-8(17)4-10(18-9)16-6-15-11-7(2)13-5-14-12(11)16/h5-6,8-10,17H,3-4H2,1-2H3. The number of hydrogen-bond donors (Lipinski definition) is 1. The zero-order chi connectivity index (χ0) is 12.7. The number of aromatic nitrogens is 4. The monoisotopic (exact) mass is 248 g/mol. The lowest BCUT2D eigenvalue weighted by Crippen LogP contribution is -2.19. The maximum absolute atomic E-state index is 9.89. The van der Waals surface area contributed by atoms with Gasteiger partial charge in [0.2, 0.25) is 0 Å². The smallest absolute Gasteiger partial charge is 0.165 e. The summed E-state index contributed by atoms with van der Waals surface area (Å²) in [5.41, 5.74) is 2.40. The summed E-state index contributed by atoms with van der Waals surface area (Å²) in [6, 6.07) is 0. The lowest BCUT2D eigenvalue weighted by atomic mass is 10.1. The van der Waals surface area contributed by atoms with Crippen LogP contribution in [0.4, 0.5) is 0 Å². The molecule has 6 nitrogen and oxygen atoms in total. The first kappa shape index (κ1) is 11.6. The fourth-order valence-corrected chi connectivity index (χ4v) is 2.43. The van der Waals surface area contributed by atoms with E-state index in [9.17, 15) is 5.11 Å². The Morgan fingerprint density at radius 1 is 1.44 bits per heavy atom. The first-order chi connectivity index (χ1) is 8.70. The Labute approximate surface area is 105 Å². The zero-order valence-electron chi connectivity index (χ0n) is 10.4. The molecule has 96 valence electrons. The minimum absolute atomic E-state index is 0.101. The lowest BCUT2D eigenvalue weighted by molar-refractivity contribution is -0.0183. The number of hydrogen-bond acceptors (Lipinski definition) is 5. The molecule has 3 heterocycles. The van der Waals surface area contributed by atoms with Crippen molar-refractivity contribution in [2.75, 3.05) is 0 Å². The van der Waals surface area contributed by atoms with Crippen LogP contribution in [0.25, 0.3) is 11.2 Å². The van der Waals surface area contributed by atoms with E-state index in [4.69, 9.17) is 4.74 Å². The van der Waals surface area contributed by atoms with Crippen LogP contribution in [0.1, 0.15) is 31.7 Å². The second-order valence-electron chi connectivity index (χ2n) is 4.62. The van der Waals surface area contributed by atoms with Crippen LogP contribution in [0, 0.1) is 6.92 Å². The maximum atomic E-state index is 9.89. The molecule has 1 aliphatic heterocycles. The number of aryl methyl sites for hydroxylation is 1. The first-order valence-electron chi connectivity index (χ1n) is 6.18. The van der Waals surface area contributed by atoms with Crippen molar-refractivity contribution in [1.29, 1.82) is 0 Å². The minimum atomic E-state index is -0.416. The van der Waals surface area contributed by atoms with Crippen LogP contribution in [0.5, 0.6) is 0 Å². The third-order valence-electron chi connectivity index (χ3n) is 3.46. The molecule has 3 rings (SSSR count). The van der Waals surface area contributed by atoms with Crippen molar-refractivity contribution in [2.45, 2.75) is 45.1 Å². The van der Waals surface area contributed by atoms with E-state index in [1.807, 2.05) is 18.4 Å². The Morgan fingerprint density at radius 2 is 2.28 bits per heavy atom. The molecule has 1 N–H and O–H groups in total. The summed E-state index contributed by atoms with van der Waals surface area (Å²) in [5, 5.41) is 9.89. The van der Waals surface area contributed by atoms with Crippen molar-refractivity contribution in [3.8, 4) is 0 Å². The molecule has 3 atom stereocenters. The predicted molar refractivity (Wildman–Crippen MR) is 64.9 cm³/mol. The molecule has 0 radical (unpaired) electrons. The third-order valence-corrected chi connectivity index (χ3v) is 3.46. The Kier molecular flexibility index (Phi) is 2.76. The number of nitrogens with zero attached hydrogens (tertiary/aromatic N) is 4. The first-order valence-corrected chi connectivity index (χ1v) is 6.18. The van der Waals surface area contributed by atoms with Gasteiger partial charge in [-0.05, 0) is 13.3 Å². The quantitative estimate of drug-likeness (QED) is 0.864.